The van der Waals surface area contributed by atoms with Crippen LogP contribution in [0, 0.1) is 0 Å². The summed E-state index contributed by atoms with van der Waals surface area (Å²) in [5.74, 6) is -0.150. The highest BCUT2D eigenvalue weighted by Crippen LogP contribution is 2.42. The van der Waals surface area contributed by atoms with E-state index in [-0.39, 0.29) is 5.75 Å². The van der Waals surface area contributed by atoms with Crippen molar-refractivity contribution in [1.29, 1.82) is 0 Å². The monoisotopic (exact) mass is 351 g/mol. The van der Waals surface area contributed by atoms with Gasteiger partial charge >= 0.3 is 6.18 Å². The normalized spacial score (nSPS) is 14.1. The third-order valence-corrected chi connectivity index (χ3v) is 4.28. The molecule has 0 aliphatic heterocycles. The lowest BCUT2D eigenvalue weighted by atomic mass is 9.85. The van der Waals surface area contributed by atoms with E-state index in [0.29, 0.717) is 19.4 Å². The Morgan fingerprint density at radius 2 is 1.56 bits per heavy atom. The van der Waals surface area contributed by atoms with Gasteiger partial charge in [-0.05, 0) is 37.1 Å². The molecule has 0 saturated carbocycles. The largest absolute Gasteiger partial charge is 0.482 e. The number of unbranched alkanes of at least 4 members (excludes halogenated alkanes) is 1. The predicted molar refractivity (Wildman–Crippen MR) is 93.4 cm³/mol. The van der Waals surface area contributed by atoms with E-state index >= 15 is 0 Å². The summed E-state index contributed by atoms with van der Waals surface area (Å²) < 4.78 is 46.2. The second-order valence-corrected chi connectivity index (χ2v) is 6.10. The summed E-state index contributed by atoms with van der Waals surface area (Å²) in [7, 11) is 0. The summed E-state index contributed by atoms with van der Waals surface area (Å²) in [6.07, 6.45) is -1.65. The molecular weight excluding hydrogens is 327 g/mol. The van der Waals surface area contributed by atoms with Crippen molar-refractivity contribution in [3.63, 3.8) is 0 Å². The van der Waals surface area contributed by atoms with Gasteiger partial charge in [0.2, 0.25) is 0 Å². The van der Waals surface area contributed by atoms with Gasteiger partial charge in [-0.15, -0.1) is 0 Å². The van der Waals surface area contributed by atoms with Crippen LogP contribution in [0.15, 0.2) is 54.6 Å². The van der Waals surface area contributed by atoms with Crippen molar-refractivity contribution in [2.24, 2.45) is 5.73 Å². The fraction of sp³-hybridized carbons (Fsp3) is 0.400. The number of ether oxygens (including phenoxy) is 1. The van der Waals surface area contributed by atoms with Crippen LogP contribution in [0.1, 0.15) is 43.7 Å². The van der Waals surface area contributed by atoms with Crippen LogP contribution in [0.25, 0.3) is 0 Å². The van der Waals surface area contributed by atoms with Gasteiger partial charge in [0, 0.05) is 6.42 Å². The van der Waals surface area contributed by atoms with Crippen molar-refractivity contribution in [2.45, 2.75) is 44.4 Å². The van der Waals surface area contributed by atoms with Crippen molar-refractivity contribution in [3.8, 4) is 5.75 Å². The Bertz CT molecular complexity index is 657. The van der Waals surface area contributed by atoms with Gasteiger partial charge in [0.05, 0.1) is 5.56 Å². The molecule has 0 spiro atoms. The summed E-state index contributed by atoms with van der Waals surface area (Å²) in [6, 6.07) is 14.7. The van der Waals surface area contributed by atoms with Gasteiger partial charge in [-0.3, -0.25) is 0 Å². The first-order chi connectivity index (χ1) is 11.9. The van der Waals surface area contributed by atoms with Crippen LogP contribution in [0.5, 0.6) is 5.75 Å². The Hall–Kier alpha value is -2.01. The Kier molecular flexibility index (Phi) is 6.48. The van der Waals surface area contributed by atoms with Crippen molar-refractivity contribution in [3.05, 3.63) is 65.7 Å². The molecule has 0 heterocycles. The summed E-state index contributed by atoms with van der Waals surface area (Å²) in [5, 5.41) is 0. The molecule has 0 aliphatic rings. The average Bonchev–Trinajstić information content (AvgIpc) is 2.60. The molecule has 2 aromatic carbocycles. The zero-order valence-corrected chi connectivity index (χ0v) is 14.4. The number of halogens is 3. The first kappa shape index (κ1) is 19.3. The zero-order chi connectivity index (χ0) is 18.3. The lowest BCUT2D eigenvalue weighted by molar-refractivity contribution is -0.140. The van der Waals surface area contributed by atoms with Gasteiger partial charge in [0.15, 0.2) is 0 Å². The molecule has 2 aromatic rings. The molecule has 0 fully saturated rings. The van der Waals surface area contributed by atoms with E-state index < -0.39 is 17.3 Å². The van der Waals surface area contributed by atoms with Gasteiger partial charge in [-0.2, -0.15) is 13.2 Å². The highest BCUT2D eigenvalue weighted by Gasteiger charge is 2.38. The molecular formula is C20H24F3NO. The van der Waals surface area contributed by atoms with Gasteiger partial charge in [0.1, 0.15) is 11.4 Å². The second kappa shape index (κ2) is 8.39. The minimum Gasteiger partial charge on any atom is -0.482 e. The van der Waals surface area contributed by atoms with E-state index in [1.54, 1.807) is 6.07 Å². The minimum atomic E-state index is -4.47. The maximum Gasteiger partial charge on any atom is 0.419 e. The number of para-hydroxylation sites is 1. The Labute approximate surface area is 146 Å². The summed E-state index contributed by atoms with van der Waals surface area (Å²) in [4.78, 5) is 0. The van der Waals surface area contributed by atoms with Crippen LogP contribution >= 0.6 is 0 Å². The van der Waals surface area contributed by atoms with Crippen molar-refractivity contribution in [1.82, 2.24) is 0 Å². The number of hydrogen-bond acceptors (Lipinski definition) is 2. The summed E-state index contributed by atoms with van der Waals surface area (Å²) in [6.45, 7) is 2.37. The molecule has 136 valence electrons. The highest BCUT2D eigenvalue weighted by molar-refractivity contribution is 5.37. The first-order valence-electron chi connectivity index (χ1n) is 8.54. The van der Waals surface area contributed by atoms with Crippen LogP contribution < -0.4 is 10.5 Å². The number of nitrogens with two attached hydrogens (primary N) is 1. The molecule has 1 unspecified atom stereocenters. The summed E-state index contributed by atoms with van der Waals surface area (Å²) in [5.41, 5.74) is 5.02. The quantitative estimate of drug-likeness (QED) is 0.680. The third-order valence-electron chi connectivity index (χ3n) is 4.28. The van der Waals surface area contributed by atoms with Crippen molar-refractivity contribution in [2.75, 3.05) is 6.54 Å². The predicted octanol–water partition coefficient (Wildman–Crippen LogP) is 5.52. The van der Waals surface area contributed by atoms with Crippen LogP contribution in [0.2, 0.25) is 0 Å². The molecule has 0 amide bonds. The van der Waals surface area contributed by atoms with Crippen molar-refractivity contribution >= 4 is 0 Å². The number of hydrogen-bond donors (Lipinski definition) is 1. The van der Waals surface area contributed by atoms with Crippen molar-refractivity contribution < 1.29 is 17.9 Å². The van der Waals surface area contributed by atoms with Crippen LogP contribution in [0.4, 0.5) is 13.2 Å². The van der Waals surface area contributed by atoms with Gasteiger partial charge < -0.3 is 10.5 Å². The molecule has 0 aliphatic carbocycles. The second-order valence-electron chi connectivity index (χ2n) is 6.10. The van der Waals surface area contributed by atoms with Gasteiger partial charge in [0.25, 0.3) is 0 Å². The standard InChI is InChI=1S/C20H24F3NO/c1-2-3-13-19(14-15-24,16-9-5-4-6-10-16)25-18-12-8-7-11-17(18)20(21,22)23/h4-12H,2-3,13-15,24H2,1H3. The maximum atomic E-state index is 13.4. The lowest BCUT2D eigenvalue weighted by Gasteiger charge is -2.36. The topological polar surface area (TPSA) is 35.2 Å². The molecule has 2 N–H and O–H groups in total. The molecule has 1 atom stereocenters. The Morgan fingerprint density at radius 3 is 2.16 bits per heavy atom. The highest BCUT2D eigenvalue weighted by atomic mass is 19.4. The number of alkyl halides is 3. The molecule has 0 radical (unpaired) electrons. The van der Waals surface area contributed by atoms with E-state index in [4.69, 9.17) is 10.5 Å². The van der Waals surface area contributed by atoms with Crippen LogP contribution in [0.3, 0.4) is 0 Å². The van der Waals surface area contributed by atoms with E-state index in [0.717, 1.165) is 24.5 Å². The van der Waals surface area contributed by atoms with Gasteiger partial charge in [-0.1, -0.05) is 55.8 Å². The van der Waals surface area contributed by atoms with E-state index in [9.17, 15) is 13.2 Å². The molecule has 0 saturated heterocycles. The fourth-order valence-corrected chi connectivity index (χ4v) is 3.01. The van der Waals surface area contributed by atoms with Crippen LogP contribution in [-0.4, -0.2) is 6.54 Å². The van der Waals surface area contributed by atoms with Crippen LogP contribution in [-0.2, 0) is 11.8 Å². The minimum absolute atomic E-state index is 0.150. The van der Waals surface area contributed by atoms with E-state index in [1.165, 1.54) is 12.1 Å². The zero-order valence-electron chi connectivity index (χ0n) is 14.4. The molecule has 25 heavy (non-hydrogen) atoms. The molecule has 0 bridgehead atoms. The SMILES string of the molecule is CCCCC(CCN)(Oc1ccccc1C(F)(F)F)c1ccccc1. The van der Waals surface area contributed by atoms with Gasteiger partial charge in [-0.25, -0.2) is 0 Å². The molecule has 2 nitrogen and oxygen atoms in total. The molecule has 2 rings (SSSR count). The Morgan fingerprint density at radius 1 is 0.920 bits per heavy atom. The molecule has 0 aromatic heterocycles. The first-order valence-corrected chi connectivity index (χ1v) is 8.54. The number of benzene rings is 2. The number of rotatable bonds is 8. The lowest BCUT2D eigenvalue weighted by Crippen LogP contribution is -2.36. The average molecular weight is 351 g/mol. The van der Waals surface area contributed by atoms with E-state index in [2.05, 4.69) is 0 Å². The fourth-order valence-electron chi connectivity index (χ4n) is 3.01. The maximum absolute atomic E-state index is 13.4. The summed E-state index contributed by atoms with van der Waals surface area (Å²) >= 11 is 0. The van der Waals surface area contributed by atoms with E-state index in [1.807, 2.05) is 37.3 Å². The Balaban J connectivity index is 2.50. The smallest absolute Gasteiger partial charge is 0.419 e. The third kappa shape index (κ3) is 4.75. The molecule has 5 heteroatoms.